The number of benzene rings is 1. The molecule has 1 aliphatic rings. The van der Waals surface area contributed by atoms with Crippen molar-refractivity contribution in [1.29, 1.82) is 0 Å². The first-order valence-electron chi connectivity index (χ1n) is 6.76. The summed E-state index contributed by atoms with van der Waals surface area (Å²) in [6.07, 6.45) is 3.52. The number of hydrogen-bond acceptors (Lipinski definition) is 3. The van der Waals surface area contributed by atoms with Gasteiger partial charge in [0.2, 0.25) is 0 Å². The molecule has 0 unspecified atom stereocenters. The van der Waals surface area contributed by atoms with E-state index < -0.39 is 0 Å². The molecule has 3 N–H and O–H groups in total. The SMILES string of the molecule is Cc1ccc(N)c(C(=O)NCC2(N(C)C)CCC2)c1. The van der Waals surface area contributed by atoms with E-state index >= 15 is 0 Å². The average Bonchev–Trinajstić information content (AvgIpc) is 2.30. The highest BCUT2D eigenvalue weighted by molar-refractivity contribution is 5.99. The van der Waals surface area contributed by atoms with E-state index in [2.05, 4.69) is 24.3 Å². The van der Waals surface area contributed by atoms with E-state index in [4.69, 9.17) is 5.73 Å². The molecular weight excluding hydrogens is 238 g/mol. The van der Waals surface area contributed by atoms with E-state index in [0.29, 0.717) is 17.8 Å². The van der Waals surface area contributed by atoms with Gasteiger partial charge in [-0.3, -0.25) is 4.79 Å². The lowest BCUT2D eigenvalue weighted by atomic mass is 9.75. The van der Waals surface area contributed by atoms with Crippen LogP contribution in [0.5, 0.6) is 0 Å². The third-order valence-corrected chi connectivity index (χ3v) is 4.26. The molecule has 0 aromatic heterocycles. The second kappa shape index (κ2) is 5.21. The summed E-state index contributed by atoms with van der Waals surface area (Å²) in [7, 11) is 4.15. The number of anilines is 1. The van der Waals surface area contributed by atoms with E-state index in [1.54, 1.807) is 6.07 Å². The monoisotopic (exact) mass is 261 g/mol. The number of nitrogens with one attached hydrogen (secondary N) is 1. The van der Waals surface area contributed by atoms with Crippen LogP contribution in [-0.4, -0.2) is 37.0 Å². The van der Waals surface area contributed by atoms with Gasteiger partial charge in [-0.1, -0.05) is 11.6 Å². The van der Waals surface area contributed by atoms with E-state index in [1.807, 2.05) is 19.1 Å². The Bertz CT molecular complexity index is 478. The number of likely N-dealkylation sites (N-methyl/N-ethyl adjacent to an activating group) is 1. The molecule has 1 aromatic rings. The molecule has 0 radical (unpaired) electrons. The van der Waals surface area contributed by atoms with E-state index in [9.17, 15) is 4.79 Å². The standard InChI is InChI=1S/C15H23N3O/c1-11-5-6-13(16)12(9-11)14(19)17-10-15(18(2)3)7-4-8-15/h5-6,9H,4,7-8,10,16H2,1-3H3,(H,17,19). The first-order valence-corrected chi connectivity index (χ1v) is 6.76. The van der Waals surface area contributed by atoms with Crippen LogP contribution in [0.15, 0.2) is 18.2 Å². The number of nitrogen functional groups attached to an aromatic ring is 1. The van der Waals surface area contributed by atoms with Crippen molar-refractivity contribution in [3.8, 4) is 0 Å². The van der Waals surface area contributed by atoms with E-state index in [0.717, 1.165) is 18.4 Å². The largest absolute Gasteiger partial charge is 0.398 e. The van der Waals surface area contributed by atoms with Crippen LogP contribution < -0.4 is 11.1 Å². The molecule has 0 spiro atoms. The Morgan fingerprint density at radius 2 is 2.11 bits per heavy atom. The molecular formula is C15H23N3O. The first-order chi connectivity index (χ1) is 8.94. The number of carbonyl (C=O) groups excluding carboxylic acids is 1. The Morgan fingerprint density at radius 1 is 1.42 bits per heavy atom. The lowest BCUT2D eigenvalue weighted by molar-refractivity contribution is 0.0558. The third kappa shape index (κ3) is 2.73. The summed E-state index contributed by atoms with van der Waals surface area (Å²) in [4.78, 5) is 14.4. The molecule has 1 aromatic carbocycles. The maximum absolute atomic E-state index is 12.2. The summed E-state index contributed by atoms with van der Waals surface area (Å²) in [5, 5.41) is 3.03. The fourth-order valence-corrected chi connectivity index (χ4v) is 2.57. The minimum atomic E-state index is -0.0747. The normalized spacial score (nSPS) is 17.1. The van der Waals surface area contributed by atoms with Crippen molar-refractivity contribution in [2.24, 2.45) is 0 Å². The molecule has 1 fully saturated rings. The van der Waals surface area contributed by atoms with Gasteiger partial charge in [-0.15, -0.1) is 0 Å². The number of hydrogen-bond donors (Lipinski definition) is 2. The van der Waals surface area contributed by atoms with Crippen LogP contribution in [0.1, 0.15) is 35.2 Å². The number of nitrogens with zero attached hydrogens (tertiary/aromatic N) is 1. The number of nitrogens with two attached hydrogens (primary N) is 1. The van der Waals surface area contributed by atoms with E-state index in [-0.39, 0.29) is 11.4 Å². The lowest BCUT2D eigenvalue weighted by Crippen LogP contribution is -2.57. The van der Waals surface area contributed by atoms with Gasteiger partial charge in [0.05, 0.1) is 5.56 Å². The Kier molecular flexibility index (Phi) is 3.80. The van der Waals surface area contributed by atoms with Crippen LogP contribution in [0.25, 0.3) is 0 Å². The van der Waals surface area contributed by atoms with Crippen molar-refractivity contribution >= 4 is 11.6 Å². The third-order valence-electron chi connectivity index (χ3n) is 4.26. The summed E-state index contributed by atoms with van der Waals surface area (Å²) in [6, 6.07) is 5.54. The molecule has 1 aliphatic carbocycles. The van der Waals surface area contributed by atoms with Crippen molar-refractivity contribution in [1.82, 2.24) is 10.2 Å². The van der Waals surface area contributed by atoms with Gasteiger partial charge in [0.1, 0.15) is 0 Å². The molecule has 0 heterocycles. The molecule has 4 nitrogen and oxygen atoms in total. The average molecular weight is 261 g/mol. The highest BCUT2D eigenvalue weighted by atomic mass is 16.1. The smallest absolute Gasteiger partial charge is 0.253 e. The summed E-state index contributed by atoms with van der Waals surface area (Å²) >= 11 is 0. The molecule has 0 aliphatic heterocycles. The van der Waals surface area contributed by atoms with Crippen molar-refractivity contribution < 1.29 is 4.79 Å². The molecule has 0 atom stereocenters. The van der Waals surface area contributed by atoms with Crippen LogP contribution >= 0.6 is 0 Å². The van der Waals surface area contributed by atoms with Gasteiger partial charge in [-0.25, -0.2) is 0 Å². The molecule has 1 saturated carbocycles. The van der Waals surface area contributed by atoms with Gasteiger partial charge in [0.15, 0.2) is 0 Å². The molecule has 19 heavy (non-hydrogen) atoms. The molecule has 1 amide bonds. The van der Waals surface area contributed by atoms with E-state index in [1.165, 1.54) is 6.42 Å². The number of carbonyl (C=O) groups is 1. The zero-order valence-electron chi connectivity index (χ0n) is 12.0. The number of amides is 1. The summed E-state index contributed by atoms with van der Waals surface area (Å²) < 4.78 is 0. The first kappa shape index (κ1) is 13.9. The topological polar surface area (TPSA) is 58.4 Å². The van der Waals surface area contributed by atoms with Gasteiger partial charge < -0.3 is 16.0 Å². The second-order valence-electron chi connectivity index (χ2n) is 5.75. The van der Waals surface area contributed by atoms with Gasteiger partial charge in [-0.2, -0.15) is 0 Å². The van der Waals surface area contributed by atoms with Crippen molar-refractivity contribution in [3.63, 3.8) is 0 Å². The minimum absolute atomic E-state index is 0.0747. The van der Waals surface area contributed by atoms with Crippen LogP contribution in [0.3, 0.4) is 0 Å². The number of rotatable bonds is 4. The van der Waals surface area contributed by atoms with Crippen LogP contribution in [-0.2, 0) is 0 Å². The van der Waals surface area contributed by atoms with Crippen LogP contribution in [0.4, 0.5) is 5.69 Å². The Balaban J connectivity index is 2.03. The highest BCUT2D eigenvalue weighted by Crippen LogP contribution is 2.35. The summed E-state index contributed by atoms with van der Waals surface area (Å²) in [5.74, 6) is -0.0747. The zero-order chi connectivity index (χ0) is 14.0. The summed E-state index contributed by atoms with van der Waals surface area (Å²) in [5.41, 5.74) is 8.16. The zero-order valence-corrected chi connectivity index (χ0v) is 12.0. The minimum Gasteiger partial charge on any atom is -0.398 e. The molecule has 104 valence electrons. The van der Waals surface area contributed by atoms with Crippen LogP contribution in [0.2, 0.25) is 0 Å². The second-order valence-corrected chi connectivity index (χ2v) is 5.75. The summed E-state index contributed by atoms with van der Waals surface area (Å²) in [6.45, 7) is 2.65. The van der Waals surface area contributed by atoms with Crippen LogP contribution in [0, 0.1) is 6.92 Å². The fourth-order valence-electron chi connectivity index (χ4n) is 2.57. The predicted octanol–water partition coefficient (Wildman–Crippen LogP) is 1.79. The molecule has 0 bridgehead atoms. The Morgan fingerprint density at radius 3 is 2.63 bits per heavy atom. The maximum atomic E-state index is 12.2. The van der Waals surface area contributed by atoms with Crippen molar-refractivity contribution in [2.45, 2.75) is 31.7 Å². The molecule has 0 saturated heterocycles. The van der Waals surface area contributed by atoms with Crippen molar-refractivity contribution in [2.75, 3.05) is 26.4 Å². The predicted molar refractivity (Wildman–Crippen MR) is 78.2 cm³/mol. The van der Waals surface area contributed by atoms with Gasteiger partial charge in [0.25, 0.3) is 5.91 Å². The Labute approximate surface area is 115 Å². The molecule has 4 heteroatoms. The molecule has 2 rings (SSSR count). The lowest BCUT2D eigenvalue weighted by Gasteiger charge is -2.47. The van der Waals surface area contributed by atoms with Gasteiger partial charge in [-0.05, 0) is 52.4 Å². The fraction of sp³-hybridized carbons (Fsp3) is 0.533. The number of aryl methyl sites for hydroxylation is 1. The van der Waals surface area contributed by atoms with Crippen molar-refractivity contribution in [3.05, 3.63) is 29.3 Å². The van der Waals surface area contributed by atoms with Gasteiger partial charge in [0, 0.05) is 17.8 Å². The Hall–Kier alpha value is -1.55. The van der Waals surface area contributed by atoms with Gasteiger partial charge >= 0.3 is 0 Å². The quantitative estimate of drug-likeness (QED) is 0.812. The maximum Gasteiger partial charge on any atom is 0.253 e. The highest BCUT2D eigenvalue weighted by Gasteiger charge is 2.39.